The summed E-state index contributed by atoms with van der Waals surface area (Å²) in [7, 11) is 4.08. The Labute approximate surface area is 160 Å². The molecule has 0 radical (unpaired) electrons. The van der Waals surface area contributed by atoms with Crippen LogP contribution in [0.5, 0.6) is 0 Å². The van der Waals surface area contributed by atoms with Crippen LogP contribution in [-0.4, -0.2) is 25.6 Å². The maximum absolute atomic E-state index is 6.64. The number of hydrogen-bond donors (Lipinski definition) is 2. The van der Waals surface area contributed by atoms with Crippen LogP contribution in [0.1, 0.15) is 18.1 Å². The van der Waals surface area contributed by atoms with Gasteiger partial charge in [0.1, 0.15) is 0 Å². The molecule has 0 saturated heterocycles. The van der Waals surface area contributed by atoms with Gasteiger partial charge in [0.2, 0.25) is 0 Å². The maximum atomic E-state index is 6.64. The van der Waals surface area contributed by atoms with Gasteiger partial charge in [-0.15, -0.1) is 0 Å². The van der Waals surface area contributed by atoms with E-state index in [-0.39, 0.29) is 0 Å². The fourth-order valence-corrected chi connectivity index (χ4v) is 3.26. The molecule has 0 amide bonds. The Hall–Kier alpha value is -2.14. The number of rotatable bonds is 6. The lowest BCUT2D eigenvalue weighted by molar-refractivity contribution is 0.449. The van der Waals surface area contributed by atoms with Gasteiger partial charge in [-0.3, -0.25) is 4.98 Å². The predicted octanol–water partition coefficient (Wildman–Crippen LogP) is 3.92. The van der Waals surface area contributed by atoms with Gasteiger partial charge < -0.3 is 16.0 Å². The molecular weight excluding hydrogens is 344 g/mol. The lowest BCUT2D eigenvalue weighted by atomic mass is 9.90. The minimum Gasteiger partial charge on any atom is -0.378 e. The molecular formula is C21H25ClN4. The van der Waals surface area contributed by atoms with Crippen LogP contribution in [0.4, 0.5) is 5.69 Å². The number of nitrogens with one attached hydrogen (secondary N) is 1. The van der Waals surface area contributed by atoms with Crippen molar-refractivity contribution < 1.29 is 0 Å². The molecule has 2 aromatic carbocycles. The van der Waals surface area contributed by atoms with E-state index in [1.807, 2.05) is 45.3 Å². The molecule has 1 atom stereocenters. The van der Waals surface area contributed by atoms with Crippen molar-refractivity contribution in [1.82, 2.24) is 10.3 Å². The molecule has 1 unspecified atom stereocenters. The van der Waals surface area contributed by atoms with Crippen LogP contribution in [0.3, 0.4) is 0 Å². The number of fused-ring (bicyclic) bond motifs is 1. The lowest BCUT2D eigenvalue weighted by Crippen LogP contribution is -2.43. The Balaban J connectivity index is 1.71. The summed E-state index contributed by atoms with van der Waals surface area (Å²) < 4.78 is 0. The van der Waals surface area contributed by atoms with Gasteiger partial charge in [0.05, 0.1) is 11.1 Å². The molecule has 0 saturated carbocycles. The fraction of sp³-hybridized carbons (Fsp3) is 0.286. The van der Waals surface area contributed by atoms with E-state index < -0.39 is 5.54 Å². The molecule has 3 aromatic rings. The van der Waals surface area contributed by atoms with Crippen LogP contribution in [0.25, 0.3) is 10.9 Å². The van der Waals surface area contributed by atoms with Gasteiger partial charge in [-0.1, -0.05) is 29.8 Å². The number of hydrogen-bond acceptors (Lipinski definition) is 4. The quantitative estimate of drug-likeness (QED) is 0.692. The normalized spacial score (nSPS) is 13.6. The molecule has 0 spiro atoms. The van der Waals surface area contributed by atoms with Gasteiger partial charge >= 0.3 is 0 Å². The minimum atomic E-state index is -0.515. The van der Waals surface area contributed by atoms with E-state index in [1.165, 1.54) is 11.3 Å². The average Bonchev–Trinajstić information content (AvgIpc) is 2.61. The van der Waals surface area contributed by atoms with Crippen molar-refractivity contribution in [1.29, 1.82) is 0 Å². The zero-order valence-corrected chi connectivity index (χ0v) is 16.2. The number of halogens is 1. The van der Waals surface area contributed by atoms with Crippen molar-refractivity contribution >= 4 is 28.2 Å². The lowest BCUT2D eigenvalue weighted by Gasteiger charge is -2.27. The summed E-state index contributed by atoms with van der Waals surface area (Å²) >= 11 is 6.08. The monoisotopic (exact) mass is 368 g/mol. The highest BCUT2D eigenvalue weighted by Gasteiger charge is 2.23. The van der Waals surface area contributed by atoms with Crippen molar-refractivity contribution in [3.8, 4) is 0 Å². The number of nitrogens with zero attached hydrogens (tertiary/aromatic N) is 2. The van der Waals surface area contributed by atoms with Crippen LogP contribution in [0.2, 0.25) is 5.02 Å². The second-order valence-corrected chi connectivity index (χ2v) is 7.54. The molecule has 5 heteroatoms. The first kappa shape index (κ1) is 18.6. The molecule has 3 N–H and O–H groups in total. The van der Waals surface area contributed by atoms with E-state index in [0.717, 1.165) is 23.0 Å². The highest BCUT2D eigenvalue weighted by Crippen LogP contribution is 2.27. The van der Waals surface area contributed by atoms with Gasteiger partial charge in [0.25, 0.3) is 0 Å². The molecule has 136 valence electrons. The number of pyridine rings is 1. The van der Waals surface area contributed by atoms with Crippen molar-refractivity contribution in [3.63, 3.8) is 0 Å². The van der Waals surface area contributed by atoms with Crippen LogP contribution in [0, 0.1) is 0 Å². The summed E-state index contributed by atoms with van der Waals surface area (Å²) in [6, 6.07) is 16.3. The van der Waals surface area contributed by atoms with Gasteiger partial charge in [-0.25, -0.2) is 0 Å². The molecule has 0 aliphatic heterocycles. The Morgan fingerprint density at radius 2 is 1.85 bits per heavy atom. The topological polar surface area (TPSA) is 54.2 Å². The third-order valence-electron chi connectivity index (χ3n) is 4.59. The fourth-order valence-electron chi connectivity index (χ4n) is 3.09. The van der Waals surface area contributed by atoms with Gasteiger partial charge in [-0.05, 0) is 48.4 Å². The molecule has 4 nitrogen and oxygen atoms in total. The first-order valence-electron chi connectivity index (χ1n) is 8.67. The van der Waals surface area contributed by atoms with Crippen LogP contribution in [0.15, 0.2) is 54.7 Å². The maximum Gasteiger partial charge on any atom is 0.0720 e. The van der Waals surface area contributed by atoms with Crippen LogP contribution < -0.4 is 16.0 Å². The zero-order valence-electron chi connectivity index (χ0n) is 15.5. The Bertz CT molecular complexity index is 888. The minimum absolute atomic E-state index is 0.515. The van der Waals surface area contributed by atoms with Crippen LogP contribution >= 0.6 is 11.6 Å². The summed E-state index contributed by atoms with van der Waals surface area (Å²) in [4.78, 5) is 6.49. The van der Waals surface area contributed by atoms with Crippen molar-refractivity contribution in [2.45, 2.75) is 19.0 Å². The van der Waals surface area contributed by atoms with E-state index in [0.29, 0.717) is 11.6 Å². The van der Waals surface area contributed by atoms with Gasteiger partial charge in [0.15, 0.2) is 0 Å². The molecule has 1 heterocycles. The molecule has 3 rings (SSSR count). The molecule has 0 bridgehead atoms. The van der Waals surface area contributed by atoms with Crippen LogP contribution in [-0.2, 0) is 12.1 Å². The first-order chi connectivity index (χ1) is 12.4. The van der Waals surface area contributed by atoms with E-state index in [1.54, 1.807) is 6.20 Å². The molecule has 0 fully saturated rings. The molecule has 26 heavy (non-hydrogen) atoms. The highest BCUT2D eigenvalue weighted by atomic mass is 35.5. The van der Waals surface area contributed by atoms with Crippen molar-refractivity contribution in [3.05, 3.63) is 70.9 Å². The average molecular weight is 369 g/mol. The summed E-state index contributed by atoms with van der Waals surface area (Å²) in [5.41, 5.74) is 10.5. The zero-order chi connectivity index (χ0) is 18.7. The SMILES string of the molecule is CN(C)c1ccc(CNCC(C)(N)c2ccnc3cc(Cl)ccc23)cc1. The smallest absolute Gasteiger partial charge is 0.0720 e. The number of nitrogens with two attached hydrogens (primary N) is 1. The second-order valence-electron chi connectivity index (χ2n) is 7.10. The Morgan fingerprint density at radius 1 is 1.12 bits per heavy atom. The Morgan fingerprint density at radius 3 is 2.54 bits per heavy atom. The molecule has 1 aromatic heterocycles. The summed E-state index contributed by atoms with van der Waals surface area (Å²) in [5.74, 6) is 0. The number of aromatic nitrogens is 1. The molecule has 0 aliphatic carbocycles. The largest absolute Gasteiger partial charge is 0.378 e. The van der Waals surface area contributed by atoms with Gasteiger partial charge in [-0.2, -0.15) is 0 Å². The van der Waals surface area contributed by atoms with E-state index in [2.05, 4.69) is 39.5 Å². The third-order valence-corrected chi connectivity index (χ3v) is 4.83. The summed E-state index contributed by atoms with van der Waals surface area (Å²) in [6.45, 7) is 3.47. The predicted molar refractivity (Wildman–Crippen MR) is 111 cm³/mol. The van der Waals surface area contributed by atoms with Crippen molar-refractivity contribution in [2.24, 2.45) is 5.73 Å². The third kappa shape index (κ3) is 4.15. The van der Waals surface area contributed by atoms with Gasteiger partial charge in [0, 0.05) is 49.5 Å². The second kappa shape index (κ2) is 7.62. The highest BCUT2D eigenvalue weighted by molar-refractivity contribution is 6.31. The molecule has 0 aliphatic rings. The first-order valence-corrected chi connectivity index (χ1v) is 9.05. The number of anilines is 1. The van der Waals surface area contributed by atoms with Crippen molar-refractivity contribution in [2.75, 3.05) is 25.5 Å². The number of benzene rings is 2. The van der Waals surface area contributed by atoms with E-state index >= 15 is 0 Å². The Kier molecular flexibility index (Phi) is 5.47. The standard InChI is InChI=1S/C21H25ClN4/c1-21(23,14-24-13-15-4-7-17(8-5-15)26(2)3)19-10-11-25-20-12-16(22)6-9-18(19)20/h4-12,24H,13-14,23H2,1-3H3. The summed E-state index contributed by atoms with van der Waals surface area (Å²) in [5, 5.41) is 5.20. The van der Waals surface area contributed by atoms with E-state index in [4.69, 9.17) is 17.3 Å². The summed E-state index contributed by atoms with van der Waals surface area (Å²) in [6.07, 6.45) is 1.79. The van der Waals surface area contributed by atoms with E-state index in [9.17, 15) is 0 Å².